The van der Waals surface area contributed by atoms with Gasteiger partial charge in [-0.1, -0.05) is 25.3 Å². The van der Waals surface area contributed by atoms with Crippen LogP contribution in [-0.2, 0) is 4.79 Å². The van der Waals surface area contributed by atoms with Gasteiger partial charge in [-0.2, -0.15) is 5.10 Å². The lowest BCUT2D eigenvalue weighted by atomic mass is 9.89. The highest BCUT2D eigenvalue weighted by Gasteiger charge is 2.22. The quantitative estimate of drug-likeness (QED) is 0.917. The van der Waals surface area contributed by atoms with E-state index in [-0.39, 0.29) is 11.8 Å². The molecule has 1 aliphatic carbocycles. The van der Waals surface area contributed by atoms with Gasteiger partial charge in [-0.25, -0.2) is 4.68 Å². The second-order valence-electron chi connectivity index (χ2n) is 6.75. The third kappa shape index (κ3) is 3.63. The molecule has 0 unspecified atom stereocenters. The Bertz CT molecular complexity index is 691. The van der Waals surface area contributed by atoms with E-state index in [1.54, 1.807) is 0 Å². The van der Waals surface area contributed by atoms with E-state index in [2.05, 4.69) is 42.5 Å². The van der Waals surface area contributed by atoms with Crippen LogP contribution < -0.4 is 5.32 Å². The van der Waals surface area contributed by atoms with Gasteiger partial charge < -0.3 is 5.32 Å². The summed E-state index contributed by atoms with van der Waals surface area (Å²) in [6, 6.07) is 8.27. The Morgan fingerprint density at radius 1 is 1.04 bits per heavy atom. The summed E-state index contributed by atoms with van der Waals surface area (Å²) in [5, 5.41) is 7.66. The van der Waals surface area contributed by atoms with Gasteiger partial charge in [0.15, 0.2) is 0 Å². The predicted molar refractivity (Wildman–Crippen MR) is 93.0 cm³/mol. The molecule has 1 aliphatic rings. The second-order valence-corrected chi connectivity index (χ2v) is 6.75. The van der Waals surface area contributed by atoms with Crippen molar-refractivity contribution in [1.29, 1.82) is 0 Å². The van der Waals surface area contributed by atoms with Gasteiger partial charge in [-0.05, 0) is 56.9 Å². The van der Waals surface area contributed by atoms with Gasteiger partial charge in [-0.15, -0.1) is 0 Å². The first-order chi connectivity index (χ1) is 11.0. The number of carbonyl (C=O) groups is 1. The van der Waals surface area contributed by atoms with E-state index < -0.39 is 0 Å². The van der Waals surface area contributed by atoms with Crippen LogP contribution in [0.15, 0.2) is 24.3 Å². The van der Waals surface area contributed by atoms with Crippen molar-refractivity contribution in [1.82, 2.24) is 9.78 Å². The van der Waals surface area contributed by atoms with Crippen molar-refractivity contribution in [2.75, 3.05) is 5.32 Å². The van der Waals surface area contributed by atoms with Crippen molar-refractivity contribution in [3.63, 3.8) is 0 Å². The van der Waals surface area contributed by atoms with E-state index in [9.17, 15) is 4.79 Å². The molecule has 1 N–H and O–H groups in total. The highest BCUT2D eigenvalue weighted by molar-refractivity contribution is 5.92. The molecule has 3 rings (SSSR count). The average molecular weight is 311 g/mol. The maximum atomic E-state index is 12.5. The number of nitrogens with zero attached hydrogens (tertiary/aromatic N) is 2. The Balaban J connectivity index is 1.87. The second kappa shape index (κ2) is 6.57. The Hall–Kier alpha value is -2.10. The van der Waals surface area contributed by atoms with Gasteiger partial charge in [0.25, 0.3) is 0 Å². The lowest BCUT2D eigenvalue weighted by molar-refractivity contribution is -0.120. The standard InChI is InChI=1S/C19H25N3O/c1-13-9-14(2)11-17(10-13)22-18(12-15(3)21-22)20-19(23)16-7-5-4-6-8-16/h9-12,16H,4-8H2,1-3H3,(H,20,23). The van der Waals surface area contributed by atoms with Crippen molar-refractivity contribution in [2.24, 2.45) is 5.92 Å². The highest BCUT2D eigenvalue weighted by Crippen LogP contribution is 2.26. The fourth-order valence-corrected chi connectivity index (χ4v) is 3.45. The Labute approximate surface area is 137 Å². The number of aromatic nitrogens is 2. The van der Waals surface area contributed by atoms with Gasteiger partial charge in [0, 0.05) is 12.0 Å². The lowest BCUT2D eigenvalue weighted by Gasteiger charge is -2.21. The number of anilines is 1. The van der Waals surface area contributed by atoms with Crippen LogP contribution in [0.2, 0.25) is 0 Å². The largest absolute Gasteiger partial charge is 0.310 e. The topological polar surface area (TPSA) is 46.9 Å². The van der Waals surface area contributed by atoms with Crippen LogP contribution in [0.5, 0.6) is 0 Å². The normalized spacial score (nSPS) is 15.6. The van der Waals surface area contributed by atoms with Crippen LogP contribution in [0.3, 0.4) is 0 Å². The van der Waals surface area contributed by atoms with Crippen LogP contribution in [0, 0.1) is 26.7 Å². The zero-order chi connectivity index (χ0) is 16.4. The molecule has 2 aromatic rings. The van der Waals surface area contributed by atoms with Crippen molar-refractivity contribution >= 4 is 11.7 Å². The van der Waals surface area contributed by atoms with Crippen LogP contribution >= 0.6 is 0 Å². The van der Waals surface area contributed by atoms with Crippen molar-refractivity contribution in [3.05, 3.63) is 41.1 Å². The number of nitrogens with one attached hydrogen (secondary N) is 1. The van der Waals surface area contributed by atoms with Crippen LogP contribution in [0.4, 0.5) is 5.82 Å². The van der Waals surface area contributed by atoms with E-state index in [0.717, 1.165) is 42.9 Å². The van der Waals surface area contributed by atoms with Crippen molar-refractivity contribution < 1.29 is 4.79 Å². The zero-order valence-corrected chi connectivity index (χ0v) is 14.2. The lowest BCUT2D eigenvalue weighted by Crippen LogP contribution is -2.25. The molecule has 0 saturated heterocycles. The Morgan fingerprint density at radius 3 is 2.35 bits per heavy atom. The van der Waals surface area contributed by atoms with Crippen LogP contribution in [-0.4, -0.2) is 15.7 Å². The van der Waals surface area contributed by atoms with E-state index in [0.29, 0.717) is 0 Å². The summed E-state index contributed by atoms with van der Waals surface area (Å²) in [5.41, 5.74) is 4.29. The summed E-state index contributed by atoms with van der Waals surface area (Å²) in [7, 11) is 0. The summed E-state index contributed by atoms with van der Waals surface area (Å²) in [6.07, 6.45) is 5.58. The van der Waals surface area contributed by atoms with Crippen molar-refractivity contribution in [2.45, 2.75) is 52.9 Å². The minimum Gasteiger partial charge on any atom is -0.310 e. The fourth-order valence-electron chi connectivity index (χ4n) is 3.45. The molecule has 1 aromatic heterocycles. The number of aryl methyl sites for hydroxylation is 3. The number of benzene rings is 1. The summed E-state index contributed by atoms with van der Waals surface area (Å²) in [6.45, 7) is 6.11. The van der Waals surface area contributed by atoms with Gasteiger partial charge in [0.2, 0.25) is 5.91 Å². The number of amides is 1. The van der Waals surface area contributed by atoms with Gasteiger partial charge in [-0.3, -0.25) is 4.79 Å². The summed E-state index contributed by atoms with van der Waals surface area (Å²) < 4.78 is 1.84. The van der Waals surface area contributed by atoms with Crippen LogP contribution in [0.1, 0.15) is 48.9 Å². The Kier molecular flexibility index (Phi) is 4.51. The smallest absolute Gasteiger partial charge is 0.228 e. The molecule has 0 spiro atoms. The third-order valence-corrected chi connectivity index (χ3v) is 4.51. The summed E-state index contributed by atoms with van der Waals surface area (Å²) >= 11 is 0. The maximum Gasteiger partial charge on any atom is 0.228 e. The average Bonchev–Trinajstić information content (AvgIpc) is 2.88. The molecule has 0 aliphatic heterocycles. The van der Waals surface area contributed by atoms with Gasteiger partial charge in [0.05, 0.1) is 11.4 Å². The molecule has 1 saturated carbocycles. The molecule has 0 radical (unpaired) electrons. The van der Waals surface area contributed by atoms with E-state index in [4.69, 9.17) is 0 Å². The first kappa shape index (κ1) is 15.8. The van der Waals surface area contributed by atoms with E-state index >= 15 is 0 Å². The maximum absolute atomic E-state index is 12.5. The number of rotatable bonds is 3. The molecule has 1 fully saturated rings. The van der Waals surface area contributed by atoms with Gasteiger partial charge in [0.1, 0.15) is 5.82 Å². The minimum atomic E-state index is 0.134. The number of hydrogen-bond acceptors (Lipinski definition) is 2. The van der Waals surface area contributed by atoms with Crippen molar-refractivity contribution in [3.8, 4) is 5.69 Å². The monoisotopic (exact) mass is 311 g/mol. The molecule has 23 heavy (non-hydrogen) atoms. The molecule has 0 atom stereocenters. The van der Waals surface area contributed by atoms with E-state index in [1.165, 1.54) is 17.5 Å². The fraction of sp³-hybridized carbons (Fsp3) is 0.474. The molecule has 0 bridgehead atoms. The SMILES string of the molecule is Cc1cc(C)cc(-n2nc(C)cc2NC(=O)C2CCCCC2)c1. The van der Waals surface area contributed by atoms with Crippen LogP contribution in [0.25, 0.3) is 5.69 Å². The molecule has 4 nitrogen and oxygen atoms in total. The number of carbonyl (C=O) groups excluding carboxylic acids is 1. The minimum absolute atomic E-state index is 0.134. The van der Waals surface area contributed by atoms with Gasteiger partial charge >= 0.3 is 0 Å². The highest BCUT2D eigenvalue weighted by atomic mass is 16.2. The summed E-state index contributed by atoms with van der Waals surface area (Å²) in [4.78, 5) is 12.5. The first-order valence-electron chi connectivity index (χ1n) is 8.49. The molecular formula is C19H25N3O. The first-order valence-corrected chi connectivity index (χ1v) is 8.49. The number of hydrogen-bond donors (Lipinski definition) is 1. The summed E-state index contributed by atoms with van der Waals surface area (Å²) in [5.74, 6) is 1.05. The molecule has 4 heteroatoms. The molecule has 1 amide bonds. The molecule has 122 valence electrons. The van der Waals surface area contributed by atoms with E-state index in [1.807, 2.05) is 17.7 Å². The predicted octanol–water partition coefficient (Wildman–Crippen LogP) is 4.32. The molecule has 1 aromatic carbocycles. The molecule has 1 heterocycles. The zero-order valence-electron chi connectivity index (χ0n) is 14.2. The molecular weight excluding hydrogens is 286 g/mol. The third-order valence-electron chi connectivity index (χ3n) is 4.51. The Morgan fingerprint density at radius 2 is 1.70 bits per heavy atom.